The van der Waals surface area contributed by atoms with Crippen LogP contribution in [-0.4, -0.2) is 54.3 Å². The van der Waals surface area contributed by atoms with Crippen LogP contribution in [0.2, 0.25) is 0 Å². The second-order valence-electron chi connectivity index (χ2n) is 9.20. The molecule has 3 amide bonds. The van der Waals surface area contributed by atoms with Gasteiger partial charge in [-0.15, -0.1) is 0 Å². The molecule has 0 bridgehead atoms. The molecule has 3 N–H and O–H groups in total. The van der Waals surface area contributed by atoms with Crippen molar-refractivity contribution < 1.29 is 27.6 Å². The van der Waals surface area contributed by atoms with Crippen LogP contribution in [0.5, 0.6) is 0 Å². The number of nitrogens with one attached hydrogen (secondary N) is 3. The third-order valence-corrected chi connectivity index (χ3v) is 7.00. The molecule has 0 aliphatic carbocycles. The van der Waals surface area contributed by atoms with Crippen LogP contribution in [-0.2, 0) is 15.8 Å². The maximum atomic E-state index is 13.4. The number of carbonyl (C=O) groups excluding carboxylic acids is 3. The summed E-state index contributed by atoms with van der Waals surface area (Å²) in [6.45, 7) is 1.82. The first-order valence-corrected chi connectivity index (χ1v) is 11.7. The summed E-state index contributed by atoms with van der Waals surface area (Å²) in [4.78, 5) is 40.7. The molecule has 35 heavy (non-hydrogen) atoms. The highest BCUT2D eigenvalue weighted by Gasteiger charge is 2.45. The number of fused-ring (bicyclic) bond motifs is 2. The smallest absolute Gasteiger partial charge is 0.350 e. The third-order valence-electron chi connectivity index (χ3n) is 7.00. The highest BCUT2D eigenvalue weighted by molar-refractivity contribution is 6.11. The lowest BCUT2D eigenvalue weighted by atomic mass is 9.96. The fourth-order valence-corrected chi connectivity index (χ4v) is 5.13. The van der Waals surface area contributed by atoms with Gasteiger partial charge in [0.05, 0.1) is 22.9 Å². The van der Waals surface area contributed by atoms with Crippen LogP contribution in [0.25, 0.3) is 11.1 Å². The van der Waals surface area contributed by atoms with Gasteiger partial charge in [0.15, 0.2) is 0 Å². The first-order valence-electron chi connectivity index (χ1n) is 11.7. The van der Waals surface area contributed by atoms with Gasteiger partial charge in [-0.2, -0.15) is 13.2 Å². The van der Waals surface area contributed by atoms with Crippen LogP contribution in [0.1, 0.15) is 35.2 Å². The zero-order chi connectivity index (χ0) is 24.7. The Balaban J connectivity index is 1.40. The average molecular weight is 486 g/mol. The van der Waals surface area contributed by atoms with E-state index in [4.69, 9.17) is 0 Å². The molecule has 3 heterocycles. The standard InChI is InChI=1S/C25H25F3N4O3/c26-25(27,28)17-3-1-2-15(12-17)16-4-5-19-18(13-16)24(35)32-11-8-20(21(32)23(34)30-19)31-22(33)14-6-9-29-10-7-14/h1-5,12-14,20-21,29H,6-11H2,(H,30,34)(H,31,33). The topological polar surface area (TPSA) is 90.5 Å². The van der Waals surface area contributed by atoms with E-state index in [1.165, 1.54) is 23.1 Å². The maximum Gasteiger partial charge on any atom is 0.416 e. The molecule has 0 spiro atoms. The van der Waals surface area contributed by atoms with E-state index < -0.39 is 35.6 Å². The zero-order valence-electron chi connectivity index (χ0n) is 18.8. The van der Waals surface area contributed by atoms with Gasteiger partial charge in [-0.1, -0.05) is 18.2 Å². The second-order valence-corrected chi connectivity index (χ2v) is 9.20. The van der Waals surface area contributed by atoms with Crippen LogP contribution in [0.15, 0.2) is 42.5 Å². The first kappa shape index (κ1) is 23.3. The van der Waals surface area contributed by atoms with Gasteiger partial charge in [0, 0.05) is 12.5 Å². The number of hydrogen-bond acceptors (Lipinski definition) is 4. The molecule has 2 atom stereocenters. The fraction of sp³-hybridized carbons (Fsp3) is 0.400. The van der Waals surface area contributed by atoms with Crippen molar-refractivity contribution in [3.8, 4) is 11.1 Å². The number of carbonyl (C=O) groups is 3. The molecule has 184 valence electrons. The number of alkyl halides is 3. The summed E-state index contributed by atoms with van der Waals surface area (Å²) in [6, 6.07) is 8.16. The van der Waals surface area contributed by atoms with Gasteiger partial charge < -0.3 is 20.9 Å². The summed E-state index contributed by atoms with van der Waals surface area (Å²) in [5, 5.41) is 8.98. The summed E-state index contributed by atoms with van der Waals surface area (Å²) >= 11 is 0. The number of anilines is 1. The second kappa shape index (κ2) is 8.99. The molecule has 3 aliphatic heterocycles. The monoisotopic (exact) mass is 486 g/mol. The normalized spacial score (nSPS) is 22.8. The SMILES string of the molecule is O=C(NC1CCN2C(=O)c3cc(-c4cccc(C(F)(F)F)c4)ccc3NC(=O)C12)C1CCNCC1. The average Bonchev–Trinajstić information content (AvgIpc) is 3.23. The van der Waals surface area contributed by atoms with Gasteiger partial charge in [0.1, 0.15) is 6.04 Å². The van der Waals surface area contributed by atoms with E-state index in [9.17, 15) is 27.6 Å². The van der Waals surface area contributed by atoms with E-state index in [0.29, 0.717) is 29.8 Å². The molecule has 2 aromatic carbocycles. The van der Waals surface area contributed by atoms with Crippen LogP contribution in [0, 0.1) is 5.92 Å². The van der Waals surface area contributed by atoms with Crippen LogP contribution in [0.4, 0.5) is 18.9 Å². The highest BCUT2D eigenvalue weighted by atomic mass is 19.4. The summed E-state index contributed by atoms with van der Waals surface area (Å²) in [5.74, 6) is -1.01. The number of piperidine rings is 1. The van der Waals surface area contributed by atoms with Gasteiger partial charge in [0.2, 0.25) is 11.8 Å². The Labute approximate surface area is 200 Å². The molecule has 3 aliphatic rings. The Morgan fingerprint density at radius 1 is 1.00 bits per heavy atom. The van der Waals surface area contributed by atoms with Crippen molar-refractivity contribution in [3.63, 3.8) is 0 Å². The minimum absolute atomic E-state index is 0.104. The lowest BCUT2D eigenvalue weighted by molar-refractivity contribution is -0.137. The van der Waals surface area contributed by atoms with Gasteiger partial charge in [-0.3, -0.25) is 14.4 Å². The fourth-order valence-electron chi connectivity index (χ4n) is 5.13. The van der Waals surface area contributed by atoms with Crippen molar-refractivity contribution in [3.05, 3.63) is 53.6 Å². The lowest BCUT2D eigenvalue weighted by Gasteiger charge is -2.27. The van der Waals surface area contributed by atoms with E-state index in [-0.39, 0.29) is 17.4 Å². The van der Waals surface area contributed by atoms with E-state index >= 15 is 0 Å². The lowest BCUT2D eigenvalue weighted by Crippen LogP contribution is -2.53. The Hall–Kier alpha value is -3.40. The summed E-state index contributed by atoms with van der Waals surface area (Å²) in [6.07, 6.45) is -2.59. The minimum atomic E-state index is -4.48. The van der Waals surface area contributed by atoms with Crippen molar-refractivity contribution in [2.24, 2.45) is 5.92 Å². The van der Waals surface area contributed by atoms with Crippen LogP contribution in [0.3, 0.4) is 0 Å². The van der Waals surface area contributed by atoms with Crippen molar-refractivity contribution >= 4 is 23.4 Å². The zero-order valence-corrected chi connectivity index (χ0v) is 18.8. The molecule has 2 aromatic rings. The third kappa shape index (κ3) is 4.50. The first-order chi connectivity index (χ1) is 16.7. The summed E-state index contributed by atoms with van der Waals surface area (Å²) in [7, 11) is 0. The minimum Gasteiger partial charge on any atom is -0.350 e. The molecule has 0 radical (unpaired) electrons. The molecular weight excluding hydrogens is 461 g/mol. The molecule has 2 unspecified atom stereocenters. The molecule has 2 saturated heterocycles. The number of amides is 3. The Kier molecular flexibility index (Phi) is 6.00. The number of benzene rings is 2. The van der Waals surface area contributed by atoms with Crippen molar-refractivity contribution in [1.29, 1.82) is 0 Å². The largest absolute Gasteiger partial charge is 0.416 e. The number of halogens is 3. The van der Waals surface area contributed by atoms with Crippen LogP contribution >= 0.6 is 0 Å². The number of hydrogen-bond donors (Lipinski definition) is 3. The van der Waals surface area contributed by atoms with E-state index in [2.05, 4.69) is 16.0 Å². The highest BCUT2D eigenvalue weighted by Crippen LogP contribution is 2.35. The Bertz CT molecular complexity index is 1180. The molecule has 0 saturated carbocycles. The Morgan fingerprint density at radius 3 is 2.49 bits per heavy atom. The summed E-state index contributed by atoms with van der Waals surface area (Å²) in [5.41, 5.74) is 0.480. The van der Waals surface area contributed by atoms with Crippen LogP contribution < -0.4 is 16.0 Å². The van der Waals surface area contributed by atoms with Crippen molar-refractivity contribution in [2.75, 3.05) is 25.0 Å². The quantitative estimate of drug-likeness (QED) is 0.622. The molecule has 7 nitrogen and oxygen atoms in total. The predicted octanol–water partition coefficient (Wildman–Crippen LogP) is 3.02. The van der Waals surface area contributed by atoms with Gasteiger partial charge >= 0.3 is 6.18 Å². The number of nitrogens with zero attached hydrogens (tertiary/aromatic N) is 1. The molecule has 10 heteroatoms. The summed E-state index contributed by atoms with van der Waals surface area (Å²) < 4.78 is 39.5. The molecule has 0 aromatic heterocycles. The van der Waals surface area contributed by atoms with E-state index in [0.717, 1.165) is 38.1 Å². The molecule has 5 rings (SSSR count). The maximum absolute atomic E-state index is 13.4. The van der Waals surface area contributed by atoms with Crippen molar-refractivity contribution in [2.45, 2.75) is 37.5 Å². The van der Waals surface area contributed by atoms with Gasteiger partial charge in [0.25, 0.3) is 5.91 Å². The molecule has 2 fully saturated rings. The van der Waals surface area contributed by atoms with E-state index in [1.54, 1.807) is 12.1 Å². The van der Waals surface area contributed by atoms with Gasteiger partial charge in [-0.05, 0) is 67.7 Å². The number of rotatable bonds is 3. The predicted molar refractivity (Wildman–Crippen MR) is 122 cm³/mol. The van der Waals surface area contributed by atoms with Gasteiger partial charge in [-0.25, -0.2) is 0 Å². The van der Waals surface area contributed by atoms with E-state index in [1.807, 2.05) is 0 Å². The Morgan fingerprint density at radius 2 is 1.74 bits per heavy atom. The molecular formula is C25H25F3N4O3. The van der Waals surface area contributed by atoms with Crippen molar-refractivity contribution in [1.82, 2.24) is 15.5 Å².